The van der Waals surface area contributed by atoms with Crippen molar-refractivity contribution in [1.29, 1.82) is 0 Å². The molecule has 0 aromatic heterocycles. The van der Waals surface area contributed by atoms with Gasteiger partial charge < -0.3 is 19.7 Å². The van der Waals surface area contributed by atoms with Crippen LogP contribution in [-0.2, 0) is 20.7 Å². The molecule has 1 heterocycles. The van der Waals surface area contributed by atoms with Gasteiger partial charge in [0, 0.05) is 24.6 Å². The Labute approximate surface area is 202 Å². The van der Waals surface area contributed by atoms with E-state index in [4.69, 9.17) is 28.6 Å². The Balaban J connectivity index is 1.72. The zero-order valence-electron chi connectivity index (χ0n) is 17.9. The van der Waals surface area contributed by atoms with Crippen molar-refractivity contribution in [2.45, 2.75) is 25.0 Å². The molecule has 1 amide bonds. The molecule has 0 radical (unpaired) electrons. The summed E-state index contributed by atoms with van der Waals surface area (Å²) in [4.78, 5) is 37.2. The van der Waals surface area contributed by atoms with Crippen molar-refractivity contribution < 1.29 is 19.1 Å². The first-order valence-electron chi connectivity index (χ1n) is 10.3. The number of hydrogen-bond acceptors (Lipinski definition) is 5. The summed E-state index contributed by atoms with van der Waals surface area (Å²) in [5.74, 6) is 0.229. The van der Waals surface area contributed by atoms with Crippen molar-refractivity contribution in [2.75, 3.05) is 7.05 Å². The Bertz CT molecular complexity index is 1100. The number of thiocarbonyl (C=S) groups is 1. The molecule has 2 aromatic rings. The molecule has 1 aliphatic rings. The Morgan fingerprint density at radius 3 is 2.67 bits per heavy atom. The van der Waals surface area contributed by atoms with Gasteiger partial charge in [-0.2, -0.15) is 0 Å². The Hall–Kier alpha value is -3.29. The molecule has 33 heavy (non-hydrogen) atoms. The number of carbonyl (C=O) groups excluding carboxylic acids is 3. The predicted molar refractivity (Wildman–Crippen MR) is 132 cm³/mol. The fourth-order valence-corrected chi connectivity index (χ4v) is 3.80. The van der Waals surface area contributed by atoms with Crippen molar-refractivity contribution >= 4 is 53.5 Å². The maximum Gasteiger partial charge on any atom is 0.270 e. The molecule has 0 saturated carbocycles. The fourth-order valence-electron chi connectivity index (χ4n) is 3.45. The summed E-state index contributed by atoms with van der Waals surface area (Å²) in [6.45, 7) is 0. The Morgan fingerprint density at radius 2 is 2.03 bits per heavy atom. The van der Waals surface area contributed by atoms with Crippen molar-refractivity contribution in [3.8, 4) is 0 Å². The summed E-state index contributed by atoms with van der Waals surface area (Å²) in [7, 11) is 1.58. The number of amides is 1. The second kappa shape index (κ2) is 11.5. The minimum Gasteiger partial charge on any atom is -0.486 e. The van der Waals surface area contributed by atoms with E-state index in [1.54, 1.807) is 31.3 Å². The molecular weight excluding hydrogens is 460 g/mol. The topological polar surface area (TPSA) is 75.7 Å². The highest BCUT2D eigenvalue weighted by molar-refractivity contribution is 7.78. The maximum absolute atomic E-state index is 13.1. The van der Waals surface area contributed by atoms with Gasteiger partial charge in [-0.3, -0.25) is 9.59 Å². The lowest BCUT2D eigenvalue weighted by Gasteiger charge is -2.25. The molecule has 2 atom stereocenters. The maximum atomic E-state index is 13.1. The number of halogens is 1. The van der Waals surface area contributed by atoms with Crippen molar-refractivity contribution in [3.05, 3.63) is 88.1 Å². The third-order valence-corrected chi connectivity index (χ3v) is 5.73. The summed E-state index contributed by atoms with van der Waals surface area (Å²) in [6, 6.07) is 13.9. The van der Waals surface area contributed by atoms with E-state index in [-0.39, 0.29) is 11.6 Å². The monoisotopic (exact) mass is 482 g/mol. The number of benzene rings is 2. The standard InChI is InChI=1S/C25H23ClN2O4S/c1-28(20(15-30)11-17-5-3-2-4-6-17)25(31)23(27-16-33)13-21-9-10-24(32-21)18-7-8-19(14-29)22(26)12-18/h2-8,10,12-16,20-21H,9,11H2,1H3,(H,27,33)/b23-13+. The number of ether oxygens (including phenoxy) is 1. The summed E-state index contributed by atoms with van der Waals surface area (Å²) in [6.07, 6.45) is 5.51. The second-order valence-corrected chi connectivity index (χ2v) is 8.11. The minimum absolute atomic E-state index is 0.224. The lowest BCUT2D eigenvalue weighted by Crippen LogP contribution is -2.42. The van der Waals surface area contributed by atoms with Gasteiger partial charge in [0.15, 0.2) is 6.29 Å². The second-order valence-electron chi connectivity index (χ2n) is 7.47. The van der Waals surface area contributed by atoms with Crippen LogP contribution in [0.15, 0.2) is 66.4 Å². The summed E-state index contributed by atoms with van der Waals surface area (Å²) in [5, 5.41) is 3.13. The number of hydrogen-bond donors (Lipinski definition) is 1. The van der Waals surface area contributed by atoms with Crippen LogP contribution >= 0.6 is 23.8 Å². The molecule has 0 aliphatic carbocycles. The van der Waals surface area contributed by atoms with E-state index in [1.807, 2.05) is 36.4 Å². The van der Waals surface area contributed by atoms with Crippen LogP contribution in [-0.4, -0.2) is 48.1 Å². The highest BCUT2D eigenvalue weighted by atomic mass is 35.5. The van der Waals surface area contributed by atoms with E-state index < -0.39 is 12.1 Å². The van der Waals surface area contributed by atoms with E-state index in [2.05, 4.69) is 5.32 Å². The summed E-state index contributed by atoms with van der Waals surface area (Å²) < 4.78 is 5.97. The van der Waals surface area contributed by atoms with E-state index in [0.29, 0.717) is 35.5 Å². The zero-order chi connectivity index (χ0) is 23.8. The lowest BCUT2D eigenvalue weighted by molar-refractivity contribution is -0.131. The smallest absolute Gasteiger partial charge is 0.270 e. The van der Waals surface area contributed by atoms with Crippen molar-refractivity contribution in [3.63, 3.8) is 0 Å². The van der Waals surface area contributed by atoms with Crippen LogP contribution in [0.3, 0.4) is 0 Å². The number of nitrogens with one attached hydrogen (secondary N) is 1. The number of nitrogens with zero attached hydrogens (tertiary/aromatic N) is 1. The fraction of sp³-hybridized carbons (Fsp3) is 0.200. The summed E-state index contributed by atoms with van der Waals surface area (Å²) in [5.41, 5.74) is 3.55. The van der Waals surface area contributed by atoms with Crippen molar-refractivity contribution in [1.82, 2.24) is 10.2 Å². The Kier molecular flexibility index (Phi) is 8.52. The lowest BCUT2D eigenvalue weighted by atomic mass is 10.1. The van der Waals surface area contributed by atoms with Gasteiger partial charge in [-0.05, 0) is 36.3 Å². The average Bonchev–Trinajstić information content (AvgIpc) is 3.30. The number of carbonyl (C=O) groups is 3. The Morgan fingerprint density at radius 1 is 1.27 bits per heavy atom. The first-order valence-corrected chi connectivity index (χ1v) is 11.1. The van der Waals surface area contributed by atoms with Gasteiger partial charge in [-0.15, -0.1) is 0 Å². The molecule has 0 spiro atoms. The molecular formula is C25H23ClN2O4S. The molecule has 170 valence electrons. The summed E-state index contributed by atoms with van der Waals surface area (Å²) >= 11 is 11.0. The molecule has 6 nitrogen and oxygen atoms in total. The third-order valence-electron chi connectivity index (χ3n) is 5.29. The quantitative estimate of drug-likeness (QED) is 0.313. The van der Waals surface area contributed by atoms with Gasteiger partial charge in [0.2, 0.25) is 0 Å². The van der Waals surface area contributed by atoms with E-state index in [0.717, 1.165) is 17.4 Å². The van der Waals surface area contributed by atoms with E-state index in [9.17, 15) is 14.4 Å². The van der Waals surface area contributed by atoms with Gasteiger partial charge in [-0.1, -0.05) is 60.2 Å². The predicted octanol–water partition coefficient (Wildman–Crippen LogP) is 3.98. The number of rotatable bonds is 10. The van der Waals surface area contributed by atoms with Crippen LogP contribution in [0.5, 0.6) is 0 Å². The molecule has 2 aromatic carbocycles. The van der Waals surface area contributed by atoms with Crippen LogP contribution in [0.25, 0.3) is 5.76 Å². The molecule has 1 N–H and O–H groups in total. The largest absolute Gasteiger partial charge is 0.486 e. The van der Waals surface area contributed by atoms with Gasteiger partial charge in [-0.25, -0.2) is 0 Å². The number of likely N-dealkylation sites (N-methyl/N-ethyl adjacent to an activating group) is 1. The molecule has 8 heteroatoms. The third kappa shape index (κ3) is 6.15. The molecule has 2 unspecified atom stereocenters. The van der Waals surface area contributed by atoms with Crippen LogP contribution in [0, 0.1) is 0 Å². The van der Waals surface area contributed by atoms with E-state index >= 15 is 0 Å². The molecule has 3 rings (SSSR count). The van der Waals surface area contributed by atoms with E-state index in [1.165, 1.54) is 10.4 Å². The first kappa shape index (κ1) is 24.4. The van der Waals surface area contributed by atoms with Crippen LogP contribution in [0.1, 0.15) is 27.9 Å². The van der Waals surface area contributed by atoms with Gasteiger partial charge in [0.1, 0.15) is 23.8 Å². The van der Waals surface area contributed by atoms with Crippen LogP contribution in [0.4, 0.5) is 0 Å². The highest BCUT2D eigenvalue weighted by Gasteiger charge is 2.25. The van der Waals surface area contributed by atoms with Crippen molar-refractivity contribution in [2.24, 2.45) is 0 Å². The van der Waals surface area contributed by atoms with Gasteiger partial charge in [0.25, 0.3) is 5.91 Å². The molecule has 0 saturated heterocycles. The first-order chi connectivity index (χ1) is 16.0. The number of aldehydes is 2. The van der Waals surface area contributed by atoms with Crippen LogP contribution < -0.4 is 5.32 Å². The highest BCUT2D eigenvalue weighted by Crippen LogP contribution is 2.30. The molecule has 0 bridgehead atoms. The van der Waals surface area contributed by atoms with Crippen LogP contribution in [0.2, 0.25) is 5.02 Å². The van der Waals surface area contributed by atoms with Gasteiger partial charge >= 0.3 is 0 Å². The average molecular weight is 483 g/mol. The SMILES string of the molecule is CN(C(=O)/C(=C\C1CC=C(c2ccc(C=O)c(Cl)c2)O1)NC=S)C(C=O)Cc1ccccc1. The molecule has 1 aliphatic heterocycles. The van der Waals surface area contributed by atoms with Gasteiger partial charge in [0.05, 0.1) is 16.6 Å². The zero-order valence-corrected chi connectivity index (χ0v) is 19.5. The normalized spacial score (nSPS) is 16.2. The molecule has 0 fully saturated rings. The minimum atomic E-state index is -0.633.